The minimum Gasteiger partial charge on any atom is -0.372 e. The summed E-state index contributed by atoms with van der Waals surface area (Å²) in [5.74, 6) is -0.00180. The van der Waals surface area contributed by atoms with Gasteiger partial charge in [0.1, 0.15) is 10.9 Å². The van der Waals surface area contributed by atoms with Crippen molar-refractivity contribution in [3.8, 4) is 0 Å². The normalized spacial score (nSPS) is 18.2. The van der Waals surface area contributed by atoms with E-state index in [0.717, 1.165) is 18.8 Å². The lowest BCUT2D eigenvalue weighted by molar-refractivity contribution is -0.127. The quantitative estimate of drug-likeness (QED) is 0.854. The molecule has 116 valence electrons. The molecule has 22 heavy (non-hydrogen) atoms. The van der Waals surface area contributed by atoms with Crippen LogP contribution in [0.3, 0.4) is 0 Å². The maximum absolute atomic E-state index is 12.0. The minimum atomic E-state index is -0.230. The lowest BCUT2D eigenvalue weighted by Crippen LogP contribution is -2.36. The van der Waals surface area contributed by atoms with Gasteiger partial charge in [-0.3, -0.25) is 14.5 Å². The molecule has 0 atom stereocenters. The number of hydrogen-bond donors (Lipinski definition) is 1. The number of nitrogens with zero attached hydrogens (tertiary/aromatic N) is 2. The van der Waals surface area contributed by atoms with Gasteiger partial charge in [0.15, 0.2) is 0 Å². The van der Waals surface area contributed by atoms with Gasteiger partial charge in [0.05, 0.1) is 5.75 Å². The highest BCUT2D eigenvalue weighted by Gasteiger charge is 2.28. The molecule has 2 aliphatic rings. The SMILES string of the molecule is O=C(CN1C(=O)CSC1=S)Nc1ccc(N2CCCC2)cc1. The van der Waals surface area contributed by atoms with Gasteiger partial charge in [-0.15, -0.1) is 0 Å². The van der Waals surface area contributed by atoms with Crippen LogP contribution in [0.15, 0.2) is 24.3 Å². The smallest absolute Gasteiger partial charge is 0.244 e. The third-order valence-electron chi connectivity index (χ3n) is 3.76. The van der Waals surface area contributed by atoms with Crippen LogP contribution in [0.5, 0.6) is 0 Å². The molecule has 2 fully saturated rings. The molecule has 2 saturated heterocycles. The van der Waals surface area contributed by atoms with Crippen molar-refractivity contribution in [1.82, 2.24) is 4.90 Å². The first-order valence-corrected chi connectivity index (χ1v) is 8.65. The van der Waals surface area contributed by atoms with Crippen molar-refractivity contribution in [1.29, 1.82) is 0 Å². The van der Waals surface area contributed by atoms with Crippen LogP contribution in [0.4, 0.5) is 11.4 Å². The number of hydrogen-bond acceptors (Lipinski definition) is 5. The van der Waals surface area contributed by atoms with Crippen LogP contribution in [0, 0.1) is 0 Å². The Hall–Kier alpha value is -1.60. The third-order valence-corrected chi connectivity index (χ3v) is 5.20. The number of thioether (sulfide) groups is 1. The second-order valence-electron chi connectivity index (χ2n) is 5.32. The molecule has 0 aromatic heterocycles. The number of anilines is 2. The first-order chi connectivity index (χ1) is 10.6. The second-order valence-corrected chi connectivity index (χ2v) is 6.93. The van der Waals surface area contributed by atoms with Gasteiger partial charge in [-0.2, -0.15) is 0 Å². The van der Waals surface area contributed by atoms with Gasteiger partial charge in [-0.1, -0.05) is 24.0 Å². The van der Waals surface area contributed by atoms with E-state index in [9.17, 15) is 9.59 Å². The van der Waals surface area contributed by atoms with Crippen molar-refractivity contribution in [3.63, 3.8) is 0 Å². The Labute approximate surface area is 139 Å². The lowest BCUT2D eigenvalue weighted by atomic mass is 10.2. The number of thiocarbonyl (C=S) groups is 1. The van der Waals surface area contributed by atoms with Gasteiger partial charge in [-0.05, 0) is 37.1 Å². The predicted octanol–water partition coefficient (Wildman–Crippen LogP) is 2.09. The van der Waals surface area contributed by atoms with Gasteiger partial charge in [0.2, 0.25) is 11.8 Å². The Bertz CT molecular complexity index is 581. The van der Waals surface area contributed by atoms with E-state index in [1.165, 1.54) is 35.2 Å². The van der Waals surface area contributed by atoms with Crippen LogP contribution in [-0.4, -0.2) is 46.4 Å². The van der Waals surface area contributed by atoms with Crippen molar-refractivity contribution in [3.05, 3.63) is 24.3 Å². The molecule has 0 bridgehead atoms. The molecule has 0 aliphatic carbocycles. The molecule has 5 nitrogen and oxygen atoms in total. The van der Waals surface area contributed by atoms with Crippen LogP contribution < -0.4 is 10.2 Å². The van der Waals surface area contributed by atoms with E-state index in [2.05, 4.69) is 10.2 Å². The molecule has 3 rings (SSSR count). The number of amides is 2. The van der Waals surface area contributed by atoms with Crippen molar-refractivity contribution in [2.45, 2.75) is 12.8 Å². The Morgan fingerprint density at radius 3 is 2.50 bits per heavy atom. The predicted molar refractivity (Wildman–Crippen MR) is 93.3 cm³/mol. The zero-order valence-electron chi connectivity index (χ0n) is 12.1. The maximum Gasteiger partial charge on any atom is 0.244 e. The summed E-state index contributed by atoms with van der Waals surface area (Å²) in [6, 6.07) is 7.82. The molecule has 2 aliphatic heterocycles. The average molecular weight is 335 g/mol. The van der Waals surface area contributed by atoms with Crippen LogP contribution in [0.25, 0.3) is 0 Å². The van der Waals surface area contributed by atoms with Gasteiger partial charge >= 0.3 is 0 Å². The van der Waals surface area contributed by atoms with Gasteiger partial charge < -0.3 is 10.2 Å². The summed E-state index contributed by atoms with van der Waals surface area (Å²) in [5.41, 5.74) is 1.92. The van der Waals surface area contributed by atoms with Crippen molar-refractivity contribution >= 4 is 51.5 Å². The van der Waals surface area contributed by atoms with Crippen LogP contribution in [0.2, 0.25) is 0 Å². The number of nitrogens with one attached hydrogen (secondary N) is 1. The molecular weight excluding hydrogens is 318 g/mol. The molecule has 0 radical (unpaired) electrons. The Morgan fingerprint density at radius 2 is 1.91 bits per heavy atom. The van der Waals surface area contributed by atoms with Crippen molar-refractivity contribution in [2.75, 3.05) is 35.6 Å². The Balaban J connectivity index is 1.57. The highest BCUT2D eigenvalue weighted by Crippen LogP contribution is 2.22. The monoisotopic (exact) mass is 335 g/mol. The van der Waals surface area contributed by atoms with E-state index < -0.39 is 0 Å². The minimum absolute atomic E-state index is 0.0153. The number of rotatable bonds is 4. The van der Waals surface area contributed by atoms with E-state index in [-0.39, 0.29) is 18.4 Å². The lowest BCUT2D eigenvalue weighted by Gasteiger charge is -2.18. The summed E-state index contributed by atoms with van der Waals surface area (Å²) >= 11 is 6.36. The van der Waals surface area contributed by atoms with E-state index in [0.29, 0.717) is 10.1 Å². The van der Waals surface area contributed by atoms with E-state index in [1.807, 2.05) is 24.3 Å². The molecule has 2 heterocycles. The summed E-state index contributed by atoms with van der Waals surface area (Å²) in [7, 11) is 0. The molecule has 1 aromatic rings. The third kappa shape index (κ3) is 3.41. The fourth-order valence-electron chi connectivity index (χ4n) is 2.61. The summed E-state index contributed by atoms with van der Waals surface area (Å²) in [6.07, 6.45) is 2.47. The van der Waals surface area contributed by atoms with Crippen LogP contribution in [0.1, 0.15) is 12.8 Å². The molecule has 7 heteroatoms. The molecule has 2 amide bonds. The first kappa shape index (κ1) is 15.3. The zero-order valence-corrected chi connectivity index (χ0v) is 13.7. The molecule has 1 N–H and O–H groups in total. The van der Waals surface area contributed by atoms with E-state index in [1.54, 1.807) is 0 Å². The Morgan fingerprint density at radius 1 is 1.23 bits per heavy atom. The molecule has 1 aromatic carbocycles. The van der Waals surface area contributed by atoms with Crippen molar-refractivity contribution in [2.24, 2.45) is 0 Å². The topological polar surface area (TPSA) is 52.7 Å². The molecule has 0 saturated carbocycles. The Kier molecular flexibility index (Phi) is 4.63. The van der Waals surface area contributed by atoms with E-state index >= 15 is 0 Å². The summed E-state index contributed by atoms with van der Waals surface area (Å²) in [4.78, 5) is 27.3. The first-order valence-electron chi connectivity index (χ1n) is 7.25. The fourth-order valence-corrected chi connectivity index (χ4v) is 3.68. The largest absolute Gasteiger partial charge is 0.372 e. The number of benzene rings is 1. The maximum atomic E-state index is 12.0. The van der Waals surface area contributed by atoms with Gasteiger partial charge in [0, 0.05) is 24.5 Å². The summed E-state index contributed by atoms with van der Waals surface area (Å²) in [5, 5.41) is 2.81. The standard InChI is InChI=1S/C15H17N3O2S2/c19-13(9-18-14(20)10-22-15(18)21)16-11-3-5-12(6-4-11)17-7-1-2-8-17/h3-6H,1-2,7-10H2,(H,16,19). The van der Waals surface area contributed by atoms with Crippen LogP contribution >= 0.6 is 24.0 Å². The summed E-state index contributed by atoms with van der Waals surface area (Å²) in [6.45, 7) is 2.17. The fraction of sp³-hybridized carbons (Fsp3) is 0.400. The van der Waals surface area contributed by atoms with Gasteiger partial charge in [0.25, 0.3) is 0 Å². The summed E-state index contributed by atoms with van der Waals surface area (Å²) < 4.78 is 0.476. The highest BCUT2D eigenvalue weighted by molar-refractivity contribution is 8.23. The molecule has 0 spiro atoms. The number of carbonyl (C=O) groups excluding carboxylic acids is 2. The second kappa shape index (κ2) is 6.66. The van der Waals surface area contributed by atoms with Crippen molar-refractivity contribution < 1.29 is 9.59 Å². The molecule has 0 unspecified atom stereocenters. The highest BCUT2D eigenvalue weighted by atomic mass is 32.2. The number of carbonyl (C=O) groups is 2. The average Bonchev–Trinajstić information content (AvgIpc) is 3.14. The van der Waals surface area contributed by atoms with Crippen LogP contribution in [-0.2, 0) is 9.59 Å². The van der Waals surface area contributed by atoms with Gasteiger partial charge in [-0.25, -0.2) is 0 Å². The van der Waals surface area contributed by atoms with E-state index in [4.69, 9.17) is 12.2 Å². The molecular formula is C15H17N3O2S2. The zero-order chi connectivity index (χ0) is 15.5.